The van der Waals surface area contributed by atoms with Gasteiger partial charge in [0.1, 0.15) is 11.8 Å². The lowest BCUT2D eigenvalue weighted by molar-refractivity contribution is 0.179. The lowest BCUT2D eigenvalue weighted by Crippen LogP contribution is -2.04. The van der Waals surface area contributed by atoms with Gasteiger partial charge in [0, 0.05) is 18.1 Å². The summed E-state index contributed by atoms with van der Waals surface area (Å²) >= 11 is 1.45. The van der Waals surface area contributed by atoms with Crippen LogP contribution < -0.4 is 0 Å². The molecule has 0 radical (unpaired) electrons. The number of thiazole rings is 1. The molecule has 0 bridgehead atoms. The Kier molecular flexibility index (Phi) is 3.73. The van der Waals surface area contributed by atoms with Crippen LogP contribution in [0.5, 0.6) is 0 Å². The van der Waals surface area contributed by atoms with Gasteiger partial charge in [0.05, 0.1) is 12.3 Å². The van der Waals surface area contributed by atoms with Crippen molar-refractivity contribution in [2.75, 3.05) is 7.11 Å². The number of ether oxygens (including phenoxy) is 1. The van der Waals surface area contributed by atoms with E-state index in [4.69, 9.17) is 10.00 Å². The minimum Gasteiger partial charge on any atom is -0.378 e. The summed E-state index contributed by atoms with van der Waals surface area (Å²) in [7, 11) is 1.57. The third-order valence-corrected chi connectivity index (χ3v) is 3.71. The molecule has 0 saturated carbocycles. The molecule has 0 spiro atoms. The van der Waals surface area contributed by atoms with Gasteiger partial charge >= 0.3 is 0 Å². The first-order valence-corrected chi connectivity index (χ1v) is 7.06. The van der Waals surface area contributed by atoms with Crippen LogP contribution in [0.4, 0.5) is 0 Å². The van der Waals surface area contributed by atoms with Crippen LogP contribution in [0.25, 0.3) is 16.4 Å². The summed E-state index contributed by atoms with van der Waals surface area (Å²) in [6.07, 6.45) is 0. The number of methoxy groups -OCH3 is 1. The Balaban J connectivity index is 2.01. The molecule has 2 heterocycles. The minimum atomic E-state index is 0.258. The van der Waals surface area contributed by atoms with Crippen molar-refractivity contribution in [3.63, 3.8) is 0 Å². The molecular formula is C14H11N5OS. The van der Waals surface area contributed by atoms with Gasteiger partial charge in [-0.15, -0.1) is 16.4 Å². The highest BCUT2D eigenvalue weighted by molar-refractivity contribution is 7.12. The summed E-state index contributed by atoms with van der Waals surface area (Å²) in [6.45, 7) is 0.260. The Morgan fingerprint density at radius 2 is 2.14 bits per heavy atom. The van der Waals surface area contributed by atoms with Crippen LogP contribution in [0.1, 0.15) is 11.4 Å². The van der Waals surface area contributed by atoms with Crippen LogP contribution in [0, 0.1) is 11.3 Å². The van der Waals surface area contributed by atoms with Gasteiger partial charge < -0.3 is 4.74 Å². The Morgan fingerprint density at radius 1 is 1.33 bits per heavy atom. The number of benzene rings is 1. The highest BCUT2D eigenvalue weighted by Crippen LogP contribution is 2.24. The number of hydrogen-bond donors (Lipinski definition) is 0. The summed E-state index contributed by atoms with van der Waals surface area (Å²) in [5.74, 6) is 0. The van der Waals surface area contributed by atoms with Crippen molar-refractivity contribution in [2.45, 2.75) is 6.61 Å². The van der Waals surface area contributed by atoms with E-state index in [1.54, 1.807) is 11.8 Å². The first-order chi connectivity index (χ1) is 10.3. The van der Waals surface area contributed by atoms with Gasteiger partial charge in [-0.25, -0.2) is 4.98 Å². The molecule has 0 unspecified atom stereocenters. The predicted octanol–water partition coefficient (Wildman–Crippen LogP) is 2.41. The van der Waals surface area contributed by atoms with E-state index in [9.17, 15) is 0 Å². The molecule has 0 aliphatic heterocycles. The fourth-order valence-electron chi connectivity index (χ4n) is 1.91. The van der Waals surface area contributed by atoms with E-state index in [-0.39, 0.29) is 12.3 Å². The largest absolute Gasteiger partial charge is 0.378 e. The molecule has 104 valence electrons. The van der Waals surface area contributed by atoms with Crippen LogP contribution in [-0.4, -0.2) is 27.1 Å². The lowest BCUT2D eigenvalue weighted by atomic mass is 10.2. The van der Waals surface area contributed by atoms with Gasteiger partial charge in [0.15, 0.2) is 5.69 Å². The number of hydrogen-bond acceptors (Lipinski definition) is 6. The Labute approximate surface area is 125 Å². The van der Waals surface area contributed by atoms with Crippen molar-refractivity contribution in [2.24, 2.45) is 0 Å². The predicted molar refractivity (Wildman–Crippen MR) is 77.9 cm³/mol. The third-order valence-electron chi connectivity index (χ3n) is 2.89. The topological polar surface area (TPSA) is 76.6 Å². The second-order valence-electron chi connectivity index (χ2n) is 4.22. The van der Waals surface area contributed by atoms with Crippen molar-refractivity contribution in [3.05, 3.63) is 47.1 Å². The number of rotatable bonds is 4. The quantitative estimate of drug-likeness (QED) is 0.739. The van der Waals surface area contributed by atoms with E-state index in [1.807, 2.05) is 41.8 Å². The summed E-state index contributed by atoms with van der Waals surface area (Å²) in [5.41, 5.74) is 2.77. The smallest absolute Gasteiger partial charge is 0.212 e. The third kappa shape index (κ3) is 2.54. The minimum absolute atomic E-state index is 0.258. The molecule has 3 aromatic rings. The summed E-state index contributed by atoms with van der Waals surface area (Å²) < 4.78 is 6.66. The standard InChI is InChI=1S/C14H11N5OS/c1-20-8-13-11(7-15)17-18-19(13)14-16-12(9-21-14)10-5-3-2-4-6-10/h2-6,9H,8H2,1H3. The Bertz CT molecular complexity index is 787. The van der Waals surface area contributed by atoms with Gasteiger partial charge in [0.25, 0.3) is 0 Å². The number of aromatic nitrogens is 4. The van der Waals surface area contributed by atoms with E-state index < -0.39 is 0 Å². The summed E-state index contributed by atoms with van der Waals surface area (Å²) in [6, 6.07) is 11.9. The van der Waals surface area contributed by atoms with E-state index in [2.05, 4.69) is 15.3 Å². The van der Waals surface area contributed by atoms with Crippen LogP contribution in [0.15, 0.2) is 35.7 Å². The molecule has 2 aromatic heterocycles. The first kappa shape index (κ1) is 13.4. The van der Waals surface area contributed by atoms with Gasteiger partial charge in [-0.3, -0.25) is 0 Å². The van der Waals surface area contributed by atoms with Crippen molar-refractivity contribution in [1.29, 1.82) is 5.26 Å². The van der Waals surface area contributed by atoms with E-state index in [0.29, 0.717) is 10.8 Å². The second-order valence-corrected chi connectivity index (χ2v) is 5.06. The maximum atomic E-state index is 9.05. The monoisotopic (exact) mass is 297 g/mol. The molecule has 1 aromatic carbocycles. The SMILES string of the molecule is COCc1c(C#N)nnn1-c1nc(-c2ccccc2)cs1. The molecule has 0 fully saturated rings. The van der Waals surface area contributed by atoms with Gasteiger partial charge in [-0.1, -0.05) is 35.5 Å². The molecule has 21 heavy (non-hydrogen) atoms. The van der Waals surface area contributed by atoms with Crippen molar-refractivity contribution >= 4 is 11.3 Å². The van der Waals surface area contributed by atoms with Gasteiger partial charge in [0.2, 0.25) is 5.13 Å². The zero-order valence-corrected chi connectivity index (χ0v) is 12.0. The molecular weight excluding hydrogens is 286 g/mol. The number of nitrogens with zero attached hydrogens (tertiary/aromatic N) is 5. The summed E-state index contributed by atoms with van der Waals surface area (Å²) in [5, 5.41) is 19.5. The Morgan fingerprint density at radius 3 is 2.86 bits per heavy atom. The first-order valence-electron chi connectivity index (χ1n) is 6.18. The van der Waals surface area contributed by atoms with Crippen molar-refractivity contribution in [3.8, 4) is 22.5 Å². The van der Waals surface area contributed by atoms with Crippen molar-refractivity contribution in [1.82, 2.24) is 20.0 Å². The molecule has 7 heteroatoms. The molecule has 0 saturated heterocycles. The summed E-state index contributed by atoms with van der Waals surface area (Å²) in [4.78, 5) is 4.56. The zero-order chi connectivity index (χ0) is 14.7. The zero-order valence-electron chi connectivity index (χ0n) is 11.2. The van der Waals surface area contributed by atoms with E-state index in [1.165, 1.54) is 11.3 Å². The molecule has 0 amide bonds. The van der Waals surface area contributed by atoms with E-state index in [0.717, 1.165) is 11.3 Å². The fourth-order valence-corrected chi connectivity index (χ4v) is 2.71. The Hall–Kier alpha value is -2.56. The van der Waals surface area contributed by atoms with Gasteiger partial charge in [-0.2, -0.15) is 9.94 Å². The highest BCUT2D eigenvalue weighted by atomic mass is 32.1. The normalized spacial score (nSPS) is 10.5. The van der Waals surface area contributed by atoms with Crippen molar-refractivity contribution < 1.29 is 4.74 Å². The average Bonchev–Trinajstić information content (AvgIpc) is 3.15. The molecule has 0 aliphatic carbocycles. The molecule has 0 aliphatic rings. The van der Waals surface area contributed by atoms with Gasteiger partial charge in [-0.05, 0) is 0 Å². The van der Waals surface area contributed by atoms with Crippen LogP contribution in [0.2, 0.25) is 0 Å². The molecule has 3 rings (SSSR count). The maximum absolute atomic E-state index is 9.05. The highest BCUT2D eigenvalue weighted by Gasteiger charge is 2.16. The van der Waals surface area contributed by atoms with Crippen LogP contribution in [0.3, 0.4) is 0 Å². The second kappa shape index (κ2) is 5.83. The maximum Gasteiger partial charge on any atom is 0.212 e. The van der Waals surface area contributed by atoms with Crippen LogP contribution >= 0.6 is 11.3 Å². The molecule has 0 N–H and O–H groups in total. The molecule has 0 atom stereocenters. The number of nitriles is 1. The lowest BCUT2D eigenvalue weighted by Gasteiger charge is -2.01. The fraction of sp³-hybridized carbons (Fsp3) is 0.143. The molecule has 6 nitrogen and oxygen atoms in total. The van der Waals surface area contributed by atoms with Crippen LogP contribution in [-0.2, 0) is 11.3 Å². The average molecular weight is 297 g/mol. The van der Waals surface area contributed by atoms with E-state index >= 15 is 0 Å².